The Morgan fingerprint density at radius 3 is 2.60 bits per heavy atom. The number of carbonyl (C=O) groups is 1. The van der Waals surface area contributed by atoms with Crippen molar-refractivity contribution in [2.45, 2.75) is 26.9 Å². The number of carbonyl (C=O) groups excluding carboxylic acids is 1. The quantitative estimate of drug-likeness (QED) is 0.839. The lowest BCUT2D eigenvalue weighted by Gasteiger charge is -2.21. The van der Waals surface area contributed by atoms with Crippen molar-refractivity contribution in [3.63, 3.8) is 0 Å². The number of hydrogen-bond donors (Lipinski definition) is 2. The van der Waals surface area contributed by atoms with Crippen LogP contribution in [0.4, 0.5) is 5.69 Å². The molecule has 1 aliphatic heterocycles. The van der Waals surface area contributed by atoms with Gasteiger partial charge in [0, 0.05) is 24.4 Å². The average Bonchev–Trinajstić information content (AvgIpc) is 2.30. The number of nitrogens with one attached hydrogen (secondary N) is 2. The molecule has 0 radical (unpaired) electrons. The van der Waals surface area contributed by atoms with Crippen molar-refractivity contribution in [3.05, 3.63) is 34.4 Å². The van der Waals surface area contributed by atoms with E-state index >= 15 is 0 Å². The van der Waals surface area contributed by atoms with Gasteiger partial charge in [0.2, 0.25) is 0 Å². The number of benzene rings is 1. The van der Waals surface area contributed by atoms with E-state index in [1.54, 1.807) is 18.2 Å². The van der Waals surface area contributed by atoms with E-state index in [1.165, 1.54) is 0 Å². The maximum atomic E-state index is 12.0. The minimum absolute atomic E-state index is 0.0611. The molecule has 0 bridgehead atoms. The highest BCUT2D eigenvalue weighted by molar-refractivity contribution is 6.32. The van der Waals surface area contributed by atoms with E-state index in [2.05, 4.69) is 10.6 Å². The van der Waals surface area contributed by atoms with E-state index in [1.807, 2.05) is 20.8 Å². The number of hydrogen-bond acceptors (Lipinski definition) is 3. The third-order valence-corrected chi connectivity index (χ3v) is 3.40. The Balaban J connectivity index is 2.07. The molecule has 0 unspecified atom stereocenters. The van der Waals surface area contributed by atoms with Crippen molar-refractivity contribution in [2.75, 3.05) is 18.4 Å². The van der Waals surface area contributed by atoms with Gasteiger partial charge in [-0.3, -0.25) is 4.79 Å². The zero-order valence-corrected chi connectivity index (χ0v) is 12.7. The van der Waals surface area contributed by atoms with E-state index in [0.29, 0.717) is 16.5 Å². The Bertz CT molecular complexity index is 547. The van der Waals surface area contributed by atoms with Gasteiger partial charge in [0.15, 0.2) is 0 Å². The lowest BCUT2D eigenvalue weighted by molar-refractivity contribution is -0.112. The zero-order valence-electron chi connectivity index (χ0n) is 11.9. The van der Waals surface area contributed by atoms with Crippen molar-refractivity contribution < 1.29 is 9.53 Å². The Morgan fingerprint density at radius 1 is 1.40 bits per heavy atom. The molecule has 1 saturated heterocycles. The van der Waals surface area contributed by atoms with Crippen molar-refractivity contribution in [3.8, 4) is 5.75 Å². The highest BCUT2D eigenvalue weighted by atomic mass is 35.5. The smallest absolute Gasteiger partial charge is 0.251 e. The molecule has 1 aliphatic rings. The fourth-order valence-corrected chi connectivity index (χ4v) is 2.05. The van der Waals surface area contributed by atoms with Gasteiger partial charge in [-0.2, -0.15) is 0 Å². The maximum Gasteiger partial charge on any atom is 0.251 e. The molecule has 0 spiro atoms. The van der Waals surface area contributed by atoms with Gasteiger partial charge in [-0.15, -0.1) is 0 Å². The average molecular weight is 295 g/mol. The first-order chi connectivity index (χ1) is 9.47. The highest BCUT2D eigenvalue weighted by Gasteiger charge is 2.16. The summed E-state index contributed by atoms with van der Waals surface area (Å²) < 4.78 is 5.55. The molecule has 2 rings (SSSR count). The minimum Gasteiger partial charge on any atom is -0.489 e. The highest BCUT2D eigenvalue weighted by Crippen LogP contribution is 2.28. The van der Waals surface area contributed by atoms with Gasteiger partial charge in [0.1, 0.15) is 5.75 Å². The monoisotopic (exact) mass is 294 g/mol. The fraction of sp³-hybridized carbons (Fsp3) is 0.400. The summed E-state index contributed by atoms with van der Waals surface area (Å²) in [6.07, 6.45) is 0.0611. The summed E-state index contributed by atoms with van der Waals surface area (Å²) in [7, 11) is 0. The second-order valence-electron chi connectivity index (χ2n) is 5.10. The van der Waals surface area contributed by atoms with E-state index in [-0.39, 0.29) is 12.0 Å². The van der Waals surface area contributed by atoms with Gasteiger partial charge in [0.25, 0.3) is 5.91 Å². The molecule has 1 aromatic rings. The van der Waals surface area contributed by atoms with Crippen LogP contribution in [-0.2, 0) is 4.79 Å². The number of halogens is 1. The topological polar surface area (TPSA) is 50.4 Å². The Kier molecular flexibility index (Phi) is 4.68. The lowest BCUT2D eigenvalue weighted by Crippen LogP contribution is -2.36. The third-order valence-electron chi connectivity index (χ3n) is 3.10. The first-order valence-electron chi connectivity index (χ1n) is 6.64. The Labute approximate surface area is 124 Å². The van der Waals surface area contributed by atoms with Crippen LogP contribution in [0.5, 0.6) is 5.75 Å². The third kappa shape index (κ3) is 3.52. The van der Waals surface area contributed by atoms with Crippen LogP contribution in [0.3, 0.4) is 0 Å². The maximum absolute atomic E-state index is 12.0. The van der Waals surface area contributed by atoms with Gasteiger partial charge in [-0.25, -0.2) is 0 Å². The second-order valence-corrected chi connectivity index (χ2v) is 5.51. The van der Waals surface area contributed by atoms with E-state index in [9.17, 15) is 4.79 Å². The summed E-state index contributed by atoms with van der Waals surface area (Å²) in [5, 5.41) is 6.46. The first-order valence-corrected chi connectivity index (χ1v) is 7.02. The molecule has 5 heteroatoms. The molecule has 1 heterocycles. The molecular formula is C15H19ClN2O2. The van der Waals surface area contributed by atoms with Crippen LogP contribution in [0.1, 0.15) is 20.8 Å². The normalized spacial score (nSPS) is 13.9. The summed E-state index contributed by atoms with van der Waals surface area (Å²) in [6, 6.07) is 5.26. The molecule has 1 amide bonds. The number of rotatable bonds is 4. The summed E-state index contributed by atoms with van der Waals surface area (Å²) in [6.45, 7) is 7.30. The van der Waals surface area contributed by atoms with Crippen LogP contribution < -0.4 is 15.4 Å². The molecule has 0 atom stereocenters. The van der Waals surface area contributed by atoms with Gasteiger partial charge in [-0.1, -0.05) is 11.6 Å². The SMILES string of the molecule is CC(C(=O)Nc1ccc(OC(C)C)c(Cl)c1)=C1CNC1. The molecule has 1 aromatic carbocycles. The fourth-order valence-electron chi connectivity index (χ4n) is 1.83. The van der Waals surface area contributed by atoms with Crippen LogP contribution in [0.25, 0.3) is 0 Å². The molecule has 2 N–H and O–H groups in total. The van der Waals surface area contributed by atoms with Crippen LogP contribution in [-0.4, -0.2) is 25.1 Å². The molecular weight excluding hydrogens is 276 g/mol. The molecule has 0 aromatic heterocycles. The van der Waals surface area contributed by atoms with Gasteiger partial charge >= 0.3 is 0 Å². The molecule has 20 heavy (non-hydrogen) atoms. The first kappa shape index (κ1) is 14.9. The van der Waals surface area contributed by atoms with E-state index in [4.69, 9.17) is 16.3 Å². The number of amides is 1. The minimum atomic E-state index is -0.0879. The summed E-state index contributed by atoms with van der Waals surface area (Å²) in [5.74, 6) is 0.535. The van der Waals surface area contributed by atoms with Crippen LogP contribution in [0, 0.1) is 0 Å². The molecule has 4 nitrogen and oxygen atoms in total. The lowest BCUT2D eigenvalue weighted by atomic mass is 10.0. The second kappa shape index (κ2) is 6.29. The van der Waals surface area contributed by atoms with Crippen LogP contribution in [0.15, 0.2) is 29.3 Å². The summed E-state index contributed by atoms with van der Waals surface area (Å²) >= 11 is 6.14. The Morgan fingerprint density at radius 2 is 2.10 bits per heavy atom. The Hall–Kier alpha value is -1.52. The van der Waals surface area contributed by atoms with Gasteiger partial charge in [0.05, 0.1) is 11.1 Å². The molecule has 0 saturated carbocycles. The van der Waals surface area contributed by atoms with Crippen molar-refractivity contribution >= 4 is 23.2 Å². The number of ether oxygens (including phenoxy) is 1. The molecule has 108 valence electrons. The van der Waals surface area contributed by atoms with Crippen molar-refractivity contribution in [1.29, 1.82) is 0 Å². The number of anilines is 1. The summed E-state index contributed by atoms with van der Waals surface area (Å²) in [4.78, 5) is 12.0. The van der Waals surface area contributed by atoms with E-state index in [0.717, 1.165) is 24.2 Å². The van der Waals surface area contributed by atoms with Crippen LogP contribution >= 0.6 is 11.6 Å². The largest absolute Gasteiger partial charge is 0.489 e. The molecule has 1 fully saturated rings. The van der Waals surface area contributed by atoms with Gasteiger partial charge < -0.3 is 15.4 Å². The predicted octanol–water partition coefficient (Wildman–Crippen LogP) is 2.99. The van der Waals surface area contributed by atoms with Crippen molar-refractivity contribution in [2.24, 2.45) is 0 Å². The van der Waals surface area contributed by atoms with Crippen molar-refractivity contribution in [1.82, 2.24) is 5.32 Å². The van der Waals surface area contributed by atoms with Crippen LogP contribution in [0.2, 0.25) is 5.02 Å². The van der Waals surface area contributed by atoms with E-state index < -0.39 is 0 Å². The van der Waals surface area contributed by atoms with Gasteiger partial charge in [-0.05, 0) is 44.5 Å². The zero-order chi connectivity index (χ0) is 14.7. The molecule has 0 aliphatic carbocycles. The predicted molar refractivity (Wildman–Crippen MR) is 81.4 cm³/mol. The standard InChI is InChI=1S/C15H19ClN2O2/c1-9(2)20-14-5-4-12(6-13(14)16)18-15(19)10(3)11-7-17-8-11/h4-6,9,17H,7-8H2,1-3H3,(H,18,19). The summed E-state index contributed by atoms with van der Waals surface area (Å²) in [5.41, 5.74) is 2.58.